The molecular formula is C30H40N2O2Si. The minimum atomic E-state index is -1.33. The molecule has 2 heterocycles. The first-order chi connectivity index (χ1) is 16.4. The van der Waals surface area contributed by atoms with Gasteiger partial charge in [0.15, 0.2) is 0 Å². The molecule has 1 amide bonds. The highest BCUT2D eigenvalue weighted by Crippen LogP contribution is 2.41. The lowest BCUT2D eigenvalue weighted by Gasteiger charge is -2.38. The van der Waals surface area contributed by atoms with Crippen LogP contribution < -0.4 is 0 Å². The molecule has 2 aromatic carbocycles. The minimum Gasteiger partial charge on any atom is -0.444 e. The highest BCUT2D eigenvalue weighted by molar-refractivity contribution is 6.76. The normalized spacial score (nSPS) is 16.3. The van der Waals surface area contributed by atoms with E-state index in [0.29, 0.717) is 6.54 Å². The van der Waals surface area contributed by atoms with Gasteiger partial charge in [-0.25, -0.2) is 4.79 Å². The number of hydrogen-bond acceptors (Lipinski definition) is 2. The summed E-state index contributed by atoms with van der Waals surface area (Å²) in [5.41, 5.74) is 5.78. The highest BCUT2D eigenvalue weighted by Gasteiger charge is 2.38. The van der Waals surface area contributed by atoms with Crippen LogP contribution in [0, 0.1) is 0 Å². The lowest BCUT2D eigenvalue weighted by atomic mass is 9.93. The number of aromatic nitrogens is 1. The van der Waals surface area contributed by atoms with Gasteiger partial charge >= 0.3 is 6.09 Å². The van der Waals surface area contributed by atoms with Crippen molar-refractivity contribution < 1.29 is 9.53 Å². The molecule has 0 N–H and O–H groups in total. The van der Waals surface area contributed by atoms with Gasteiger partial charge in [-0.05, 0) is 56.9 Å². The molecule has 0 saturated heterocycles. The Morgan fingerprint density at radius 1 is 1.06 bits per heavy atom. The van der Waals surface area contributed by atoms with Crippen LogP contribution in [0.25, 0.3) is 10.9 Å². The smallest absolute Gasteiger partial charge is 0.410 e. The molecule has 1 atom stereocenters. The summed E-state index contributed by atoms with van der Waals surface area (Å²) in [7, 11) is -1.33. The molecule has 4 nitrogen and oxygen atoms in total. The van der Waals surface area contributed by atoms with Gasteiger partial charge in [-0.1, -0.05) is 73.7 Å². The lowest BCUT2D eigenvalue weighted by Crippen LogP contribution is -2.44. The molecule has 1 aliphatic heterocycles. The van der Waals surface area contributed by atoms with Crippen LogP contribution in [0.1, 0.15) is 50.1 Å². The number of benzene rings is 2. The van der Waals surface area contributed by atoms with Crippen molar-refractivity contribution >= 4 is 25.1 Å². The van der Waals surface area contributed by atoms with Crippen LogP contribution in [0.2, 0.25) is 25.7 Å². The van der Waals surface area contributed by atoms with Gasteiger partial charge < -0.3 is 9.30 Å². The monoisotopic (exact) mass is 488 g/mol. The molecule has 0 spiro atoms. The largest absolute Gasteiger partial charge is 0.444 e. The molecule has 1 unspecified atom stereocenters. The van der Waals surface area contributed by atoms with Crippen LogP contribution in [0.5, 0.6) is 0 Å². The zero-order chi connectivity index (χ0) is 25.4. The quantitative estimate of drug-likeness (QED) is 0.262. The number of nitrogens with zero attached hydrogens (tertiary/aromatic N) is 2. The average Bonchev–Trinajstić information content (AvgIpc) is 3.06. The van der Waals surface area contributed by atoms with Crippen LogP contribution in [-0.2, 0) is 17.7 Å². The Kier molecular flexibility index (Phi) is 7.01. The standard InChI is InChI=1S/C30H40N2O2Si/c1-22(21-35(5,6)7)19-27-28-25(17-18-31(27)29(33)34-30(2,3)4)24-15-11-12-16-26(24)32(28)20-23-13-9-8-10-14-23/h8-16,27H,1,17-21H2,2-7H3. The number of ether oxygens (including phenoxy) is 1. The van der Waals surface area contributed by atoms with Crippen molar-refractivity contribution in [3.05, 3.63) is 83.6 Å². The van der Waals surface area contributed by atoms with E-state index in [2.05, 4.69) is 85.4 Å². The van der Waals surface area contributed by atoms with E-state index in [1.807, 2.05) is 25.7 Å². The molecular weight excluding hydrogens is 448 g/mol. The Balaban J connectivity index is 1.83. The lowest BCUT2D eigenvalue weighted by molar-refractivity contribution is 0.0134. The second kappa shape index (κ2) is 9.69. The molecule has 4 rings (SSSR count). The zero-order valence-corrected chi connectivity index (χ0v) is 23.2. The van der Waals surface area contributed by atoms with E-state index in [0.717, 1.165) is 25.4 Å². The van der Waals surface area contributed by atoms with Gasteiger partial charge in [0.2, 0.25) is 0 Å². The number of fused-ring (bicyclic) bond motifs is 3. The van der Waals surface area contributed by atoms with Crippen molar-refractivity contribution in [3.63, 3.8) is 0 Å². The van der Waals surface area contributed by atoms with Crippen LogP contribution in [0.4, 0.5) is 4.79 Å². The molecule has 1 aromatic heterocycles. The fraction of sp³-hybridized carbons (Fsp3) is 0.433. The second-order valence-corrected chi connectivity index (χ2v) is 17.6. The summed E-state index contributed by atoms with van der Waals surface area (Å²) in [5.74, 6) is 0. The maximum atomic E-state index is 13.5. The van der Waals surface area contributed by atoms with E-state index in [4.69, 9.17) is 4.74 Å². The first kappa shape index (κ1) is 25.3. The van der Waals surface area contributed by atoms with E-state index in [9.17, 15) is 4.79 Å². The minimum absolute atomic E-state index is 0.0893. The molecule has 0 bridgehead atoms. The number of para-hydroxylation sites is 1. The van der Waals surface area contributed by atoms with Gasteiger partial charge in [0.1, 0.15) is 5.60 Å². The van der Waals surface area contributed by atoms with E-state index in [1.165, 1.54) is 33.3 Å². The molecule has 1 aliphatic rings. The maximum absolute atomic E-state index is 13.5. The number of carbonyl (C=O) groups excluding carboxylic acids is 1. The van der Waals surface area contributed by atoms with Crippen molar-refractivity contribution in [2.75, 3.05) is 6.54 Å². The summed E-state index contributed by atoms with van der Waals surface area (Å²) in [5, 5.41) is 1.29. The third-order valence-corrected chi connectivity index (χ3v) is 8.05. The molecule has 0 aliphatic carbocycles. The Bertz CT molecular complexity index is 1210. The fourth-order valence-electron chi connectivity index (χ4n) is 5.35. The first-order valence-electron chi connectivity index (χ1n) is 12.7. The first-order valence-corrected chi connectivity index (χ1v) is 16.4. The van der Waals surface area contributed by atoms with Gasteiger partial charge in [-0.3, -0.25) is 4.90 Å². The van der Waals surface area contributed by atoms with Crippen molar-refractivity contribution in [3.8, 4) is 0 Å². The van der Waals surface area contributed by atoms with Gasteiger partial charge in [-0.2, -0.15) is 0 Å². The van der Waals surface area contributed by atoms with E-state index < -0.39 is 13.7 Å². The summed E-state index contributed by atoms with van der Waals surface area (Å²) < 4.78 is 8.33. The fourth-order valence-corrected chi connectivity index (χ4v) is 7.00. The van der Waals surface area contributed by atoms with Crippen molar-refractivity contribution in [2.45, 2.75) is 77.5 Å². The van der Waals surface area contributed by atoms with Gasteiger partial charge in [0.25, 0.3) is 0 Å². The highest BCUT2D eigenvalue weighted by atomic mass is 28.3. The van der Waals surface area contributed by atoms with Gasteiger partial charge in [0, 0.05) is 37.8 Å². The zero-order valence-electron chi connectivity index (χ0n) is 22.2. The summed E-state index contributed by atoms with van der Waals surface area (Å²) in [6.45, 7) is 18.9. The van der Waals surface area contributed by atoms with Gasteiger partial charge in [-0.15, -0.1) is 6.58 Å². The summed E-state index contributed by atoms with van der Waals surface area (Å²) >= 11 is 0. The average molecular weight is 489 g/mol. The van der Waals surface area contributed by atoms with E-state index >= 15 is 0 Å². The number of rotatable bonds is 6. The third kappa shape index (κ3) is 5.89. The topological polar surface area (TPSA) is 34.5 Å². The third-order valence-electron chi connectivity index (χ3n) is 6.49. The number of carbonyl (C=O) groups is 1. The van der Waals surface area contributed by atoms with Crippen LogP contribution in [-0.4, -0.2) is 35.8 Å². The van der Waals surface area contributed by atoms with Gasteiger partial charge in [0.05, 0.1) is 6.04 Å². The van der Waals surface area contributed by atoms with Crippen LogP contribution >= 0.6 is 0 Å². The molecule has 3 aromatic rings. The van der Waals surface area contributed by atoms with Crippen molar-refractivity contribution in [1.82, 2.24) is 9.47 Å². The summed E-state index contributed by atoms with van der Waals surface area (Å²) in [6.07, 6.45) is 1.36. The van der Waals surface area contributed by atoms with Crippen molar-refractivity contribution in [1.29, 1.82) is 0 Å². The maximum Gasteiger partial charge on any atom is 0.410 e. The second-order valence-electron chi connectivity index (χ2n) is 12.1. The van der Waals surface area contributed by atoms with E-state index in [1.54, 1.807) is 0 Å². The predicted molar refractivity (Wildman–Crippen MR) is 149 cm³/mol. The molecule has 35 heavy (non-hydrogen) atoms. The van der Waals surface area contributed by atoms with E-state index in [-0.39, 0.29) is 12.1 Å². The number of amides is 1. The summed E-state index contributed by atoms with van der Waals surface area (Å²) in [4.78, 5) is 15.4. The molecule has 186 valence electrons. The Morgan fingerprint density at radius 3 is 2.37 bits per heavy atom. The molecule has 0 saturated carbocycles. The SMILES string of the molecule is C=C(CC1c2c(c3ccccc3n2Cc2ccccc2)CCN1C(=O)OC(C)(C)C)C[Si](C)(C)C. The van der Waals surface area contributed by atoms with Crippen LogP contribution in [0.3, 0.4) is 0 Å². The Morgan fingerprint density at radius 2 is 1.71 bits per heavy atom. The Hall–Kier alpha value is -2.79. The summed E-state index contributed by atoms with van der Waals surface area (Å²) in [6, 6.07) is 20.2. The molecule has 0 radical (unpaired) electrons. The predicted octanol–water partition coefficient (Wildman–Crippen LogP) is 7.81. The molecule has 5 heteroatoms. The number of hydrogen-bond donors (Lipinski definition) is 0. The Labute approximate surface area is 211 Å². The van der Waals surface area contributed by atoms with Crippen LogP contribution in [0.15, 0.2) is 66.7 Å². The molecule has 0 fully saturated rings. The van der Waals surface area contributed by atoms with Crippen molar-refractivity contribution in [2.24, 2.45) is 0 Å².